The highest BCUT2D eigenvalue weighted by Crippen LogP contribution is 2.24. The summed E-state index contributed by atoms with van der Waals surface area (Å²) >= 11 is 0. The Morgan fingerprint density at radius 1 is 1.57 bits per heavy atom. The number of allylic oxidation sites excluding steroid dienone is 2. The summed E-state index contributed by atoms with van der Waals surface area (Å²) in [5.41, 5.74) is 0.365. The molecule has 1 atom stereocenters. The van der Waals surface area contributed by atoms with Crippen LogP contribution in [0.5, 0.6) is 0 Å². The first-order valence-electron chi connectivity index (χ1n) is 4.51. The third-order valence-electron chi connectivity index (χ3n) is 1.91. The molecule has 76 valence electrons. The van der Waals surface area contributed by atoms with E-state index in [1.165, 1.54) is 6.26 Å². The summed E-state index contributed by atoms with van der Waals surface area (Å²) in [6.45, 7) is 7.00. The highest BCUT2D eigenvalue weighted by atomic mass is 16.7. The van der Waals surface area contributed by atoms with Gasteiger partial charge in [0.1, 0.15) is 0 Å². The fourth-order valence-electron chi connectivity index (χ4n) is 1.02. The normalized spacial score (nSPS) is 24.1. The Balaban J connectivity index is 2.72. The molecule has 0 spiro atoms. The minimum Gasteiger partial charge on any atom is -0.456 e. The zero-order valence-corrected chi connectivity index (χ0v) is 8.45. The molecule has 0 aromatic heterocycles. The summed E-state index contributed by atoms with van der Waals surface area (Å²) in [6.07, 6.45) is 7.32. The summed E-state index contributed by atoms with van der Waals surface area (Å²) in [5.74, 6) is -1.39. The third kappa shape index (κ3) is 2.25. The van der Waals surface area contributed by atoms with Gasteiger partial charge in [0.05, 0.1) is 6.26 Å². The third-order valence-corrected chi connectivity index (χ3v) is 1.91. The summed E-state index contributed by atoms with van der Waals surface area (Å²) in [5, 5.41) is 0. The molecule has 0 fully saturated rings. The standard InChI is InChI=1S/C11H14O3/c1-4-11(7-5-6-8-13-11)14-10(12)9(2)3/h5-8H,2,4H2,1,3H3. The van der Waals surface area contributed by atoms with Crippen LogP contribution in [0.2, 0.25) is 0 Å². The molecule has 1 unspecified atom stereocenters. The molecule has 0 bridgehead atoms. The van der Waals surface area contributed by atoms with Crippen LogP contribution in [-0.2, 0) is 14.3 Å². The molecule has 0 aromatic rings. The summed E-state index contributed by atoms with van der Waals surface area (Å²) in [7, 11) is 0. The first-order chi connectivity index (χ1) is 6.59. The van der Waals surface area contributed by atoms with Gasteiger partial charge in [0.15, 0.2) is 0 Å². The van der Waals surface area contributed by atoms with Crippen LogP contribution in [0.4, 0.5) is 0 Å². The molecule has 0 radical (unpaired) electrons. The highest BCUT2D eigenvalue weighted by molar-refractivity contribution is 5.87. The van der Waals surface area contributed by atoms with Gasteiger partial charge in [-0.2, -0.15) is 0 Å². The average Bonchev–Trinajstić information content (AvgIpc) is 2.19. The Kier molecular flexibility index (Phi) is 3.12. The van der Waals surface area contributed by atoms with E-state index in [0.717, 1.165) is 0 Å². The lowest BCUT2D eigenvalue weighted by molar-refractivity contribution is -0.189. The van der Waals surface area contributed by atoms with E-state index in [2.05, 4.69) is 6.58 Å². The number of hydrogen-bond donors (Lipinski definition) is 0. The summed E-state index contributed by atoms with van der Waals surface area (Å²) in [6, 6.07) is 0. The molecule has 1 rings (SSSR count). The molecule has 1 aliphatic heterocycles. The molecule has 14 heavy (non-hydrogen) atoms. The van der Waals surface area contributed by atoms with Crippen LogP contribution in [0, 0.1) is 0 Å². The van der Waals surface area contributed by atoms with Crippen LogP contribution in [0.1, 0.15) is 20.3 Å². The molecule has 0 saturated carbocycles. The van der Waals surface area contributed by atoms with Gasteiger partial charge in [0, 0.05) is 12.0 Å². The second-order valence-electron chi connectivity index (χ2n) is 3.14. The van der Waals surface area contributed by atoms with Crippen molar-refractivity contribution in [3.63, 3.8) is 0 Å². The monoisotopic (exact) mass is 194 g/mol. The zero-order valence-electron chi connectivity index (χ0n) is 8.45. The Morgan fingerprint density at radius 2 is 2.29 bits per heavy atom. The first kappa shape index (κ1) is 10.6. The molecule has 0 N–H and O–H groups in total. The number of hydrogen-bond acceptors (Lipinski definition) is 3. The molecule has 0 amide bonds. The van der Waals surface area contributed by atoms with Gasteiger partial charge in [-0.05, 0) is 19.1 Å². The van der Waals surface area contributed by atoms with Crippen LogP contribution in [0.15, 0.2) is 36.6 Å². The zero-order chi connectivity index (χ0) is 10.6. The van der Waals surface area contributed by atoms with E-state index in [1.54, 1.807) is 25.2 Å². The van der Waals surface area contributed by atoms with E-state index in [1.807, 2.05) is 6.92 Å². The van der Waals surface area contributed by atoms with Gasteiger partial charge in [-0.3, -0.25) is 0 Å². The Hall–Kier alpha value is -1.51. The van der Waals surface area contributed by atoms with Crippen LogP contribution < -0.4 is 0 Å². The smallest absolute Gasteiger partial charge is 0.336 e. The van der Waals surface area contributed by atoms with Crippen LogP contribution >= 0.6 is 0 Å². The number of carbonyl (C=O) groups is 1. The van der Waals surface area contributed by atoms with Crippen molar-refractivity contribution in [3.8, 4) is 0 Å². The summed E-state index contributed by atoms with van der Waals surface area (Å²) in [4.78, 5) is 11.3. The minimum absolute atomic E-state index is 0.365. The number of carbonyl (C=O) groups excluding carboxylic acids is 1. The van der Waals surface area contributed by atoms with Crippen LogP contribution in [0.25, 0.3) is 0 Å². The molecule has 3 heteroatoms. The van der Waals surface area contributed by atoms with Crippen LogP contribution in [-0.4, -0.2) is 11.8 Å². The second-order valence-corrected chi connectivity index (χ2v) is 3.14. The minimum atomic E-state index is -0.954. The van der Waals surface area contributed by atoms with Crippen molar-refractivity contribution in [1.29, 1.82) is 0 Å². The first-order valence-corrected chi connectivity index (χ1v) is 4.51. The second kappa shape index (κ2) is 4.13. The molecule has 0 saturated heterocycles. The molecule has 1 heterocycles. The van der Waals surface area contributed by atoms with Crippen molar-refractivity contribution in [2.75, 3.05) is 0 Å². The Morgan fingerprint density at radius 3 is 2.71 bits per heavy atom. The predicted octanol–water partition coefficient (Wildman–Crippen LogP) is 2.31. The number of ether oxygens (including phenoxy) is 2. The van der Waals surface area contributed by atoms with E-state index >= 15 is 0 Å². The lowest BCUT2D eigenvalue weighted by atomic mass is 10.1. The van der Waals surface area contributed by atoms with E-state index < -0.39 is 11.8 Å². The van der Waals surface area contributed by atoms with Gasteiger partial charge in [-0.1, -0.05) is 19.6 Å². The van der Waals surface area contributed by atoms with Crippen molar-refractivity contribution in [1.82, 2.24) is 0 Å². The molecular formula is C11H14O3. The Labute approximate surface area is 83.7 Å². The quantitative estimate of drug-likeness (QED) is 0.511. The van der Waals surface area contributed by atoms with E-state index in [-0.39, 0.29) is 0 Å². The maximum Gasteiger partial charge on any atom is 0.336 e. The van der Waals surface area contributed by atoms with E-state index in [0.29, 0.717) is 12.0 Å². The fraction of sp³-hybridized carbons (Fsp3) is 0.364. The fourth-order valence-corrected chi connectivity index (χ4v) is 1.02. The van der Waals surface area contributed by atoms with Gasteiger partial charge in [0.2, 0.25) is 0 Å². The molecular weight excluding hydrogens is 180 g/mol. The van der Waals surface area contributed by atoms with Crippen molar-refractivity contribution in [2.45, 2.75) is 26.1 Å². The van der Waals surface area contributed by atoms with Gasteiger partial charge in [0.25, 0.3) is 5.79 Å². The predicted molar refractivity (Wildman–Crippen MR) is 53.3 cm³/mol. The molecule has 3 nitrogen and oxygen atoms in total. The molecule has 0 aliphatic carbocycles. The highest BCUT2D eigenvalue weighted by Gasteiger charge is 2.31. The summed E-state index contributed by atoms with van der Waals surface area (Å²) < 4.78 is 10.5. The lowest BCUT2D eigenvalue weighted by Crippen LogP contribution is -2.35. The van der Waals surface area contributed by atoms with Crippen molar-refractivity contribution in [2.24, 2.45) is 0 Å². The largest absolute Gasteiger partial charge is 0.456 e. The number of esters is 1. The Bertz CT molecular complexity index is 302. The average molecular weight is 194 g/mol. The van der Waals surface area contributed by atoms with Gasteiger partial charge in [-0.15, -0.1) is 0 Å². The lowest BCUT2D eigenvalue weighted by Gasteiger charge is -2.29. The maximum absolute atomic E-state index is 11.3. The van der Waals surface area contributed by atoms with Gasteiger partial charge >= 0.3 is 5.97 Å². The SMILES string of the molecule is C=C(C)C(=O)OC1(CC)C=CC=CO1. The maximum atomic E-state index is 11.3. The number of rotatable bonds is 3. The van der Waals surface area contributed by atoms with E-state index in [9.17, 15) is 4.79 Å². The van der Waals surface area contributed by atoms with Gasteiger partial charge in [-0.25, -0.2) is 4.79 Å². The van der Waals surface area contributed by atoms with Crippen molar-refractivity contribution >= 4 is 5.97 Å². The molecule has 0 aromatic carbocycles. The molecule has 1 aliphatic rings. The van der Waals surface area contributed by atoms with Crippen molar-refractivity contribution in [3.05, 3.63) is 36.6 Å². The van der Waals surface area contributed by atoms with Crippen molar-refractivity contribution < 1.29 is 14.3 Å². The van der Waals surface area contributed by atoms with Crippen LogP contribution in [0.3, 0.4) is 0 Å². The topological polar surface area (TPSA) is 35.5 Å². The van der Waals surface area contributed by atoms with E-state index in [4.69, 9.17) is 9.47 Å². The van der Waals surface area contributed by atoms with Gasteiger partial charge < -0.3 is 9.47 Å².